The van der Waals surface area contributed by atoms with Gasteiger partial charge in [-0.3, -0.25) is 4.79 Å². The number of anilines is 1. The molecule has 6 nitrogen and oxygen atoms in total. The molecule has 2 heterocycles. The van der Waals surface area contributed by atoms with Crippen molar-refractivity contribution in [1.82, 2.24) is 14.8 Å². The van der Waals surface area contributed by atoms with Crippen molar-refractivity contribution in [2.45, 2.75) is 37.1 Å². The highest BCUT2D eigenvalue weighted by molar-refractivity contribution is 7.99. The van der Waals surface area contributed by atoms with Crippen LogP contribution in [0.15, 0.2) is 46.9 Å². The van der Waals surface area contributed by atoms with E-state index in [4.69, 9.17) is 0 Å². The van der Waals surface area contributed by atoms with E-state index in [1.807, 2.05) is 11.4 Å². The molecule has 4 rings (SSSR count). The molecular weight excluding hydrogens is 418 g/mol. The number of carbonyl (C=O) groups excluding carboxylic acids is 1. The SMILES string of the molecule is O=C(CSc1nnc(Cc2cccs2)n1C1CC1)Nc1ccccc1OC(F)F. The van der Waals surface area contributed by atoms with Gasteiger partial charge in [-0.1, -0.05) is 30.0 Å². The highest BCUT2D eigenvalue weighted by Gasteiger charge is 2.30. The molecule has 1 aromatic carbocycles. The number of alkyl halides is 2. The van der Waals surface area contributed by atoms with Gasteiger partial charge in [0.1, 0.15) is 11.6 Å². The van der Waals surface area contributed by atoms with E-state index in [1.54, 1.807) is 23.5 Å². The summed E-state index contributed by atoms with van der Waals surface area (Å²) in [5, 5.41) is 13.9. The second-order valence-electron chi connectivity index (χ2n) is 6.47. The van der Waals surface area contributed by atoms with Crippen molar-refractivity contribution in [2.75, 3.05) is 11.1 Å². The number of nitrogens with one attached hydrogen (secondary N) is 1. The molecule has 1 amide bonds. The normalized spacial score (nSPS) is 13.6. The van der Waals surface area contributed by atoms with Gasteiger partial charge >= 0.3 is 6.61 Å². The Morgan fingerprint density at radius 1 is 1.28 bits per heavy atom. The summed E-state index contributed by atoms with van der Waals surface area (Å²) < 4.78 is 31.6. The van der Waals surface area contributed by atoms with Crippen LogP contribution >= 0.6 is 23.1 Å². The lowest BCUT2D eigenvalue weighted by Crippen LogP contribution is -2.16. The number of halogens is 2. The predicted molar refractivity (Wildman–Crippen MR) is 108 cm³/mol. The Balaban J connectivity index is 1.40. The smallest absolute Gasteiger partial charge is 0.387 e. The monoisotopic (exact) mass is 436 g/mol. The Morgan fingerprint density at radius 2 is 2.10 bits per heavy atom. The van der Waals surface area contributed by atoms with Crippen LogP contribution in [-0.2, 0) is 11.2 Å². The summed E-state index contributed by atoms with van der Waals surface area (Å²) in [5.41, 5.74) is 0.209. The fraction of sp³-hybridized carbons (Fsp3) is 0.316. The zero-order valence-electron chi connectivity index (χ0n) is 15.3. The van der Waals surface area contributed by atoms with Crippen LogP contribution in [0.25, 0.3) is 0 Å². The summed E-state index contributed by atoms with van der Waals surface area (Å²) >= 11 is 2.96. The van der Waals surface area contributed by atoms with Crippen molar-refractivity contribution >= 4 is 34.7 Å². The first-order valence-corrected chi connectivity index (χ1v) is 10.9. The fourth-order valence-electron chi connectivity index (χ4n) is 2.88. The molecule has 0 radical (unpaired) electrons. The number of ether oxygens (including phenoxy) is 1. The minimum absolute atomic E-state index is 0.0692. The number of thiophene rings is 1. The van der Waals surface area contributed by atoms with Gasteiger partial charge in [-0.25, -0.2) is 0 Å². The van der Waals surface area contributed by atoms with Gasteiger partial charge in [0.25, 0.3) is 0 Å². The van der Waals surface area contributed by atoms with E-state index < -0.39 is 6.61 Å². The van der Waals surface area contributed by atoms with E-state index in [9.17, 15) is 13.6 Å². The molecule has 29 heavy (non-hydrogen) atoms. The van der Waals surface area contributed by atoms with Gasteiger partial charge < -0.3 is 14.6 Å². The first-order chi connectivity index (χ1) is 14.1. The molecule has 0 atom stereocenters. The summed E-state index contributed by atoms with van der Waals surface area (Å²) in [6.45, 7) is -2.96. The van der Waals surface area contributed by atoms with Crippen LogP contribution in [0.3, 0.4) is 0 Å². The first-order valence-electron chi connectivity index (χ1n) is 9.03. The Morgan fingerprint density at radius 3 is 2.83 bits per heavy atom. The summed E-state index contributed by atoms with van der Waals surface area (Å²) in [5.74, 6) is 0.589. The maximum absolute atomic E-state index is 12.5. The molecule has 2 aromatic heterocycles. The Bertz CT molecular complexity index is 975. The molecule has 1 saturated carbocycles. The molecule has 0 saturated heterocycles. The van der Waals surface area contributed by atoms with Gasteiger partial charge in [0.2, 0.25) is 5.91 Å². The average molecular weight is 437 g/mol. The molecule has 0 unspecified atom stereocenters. The topological polar surface area (TPSA) is 69.0 Å². The zero-order chi connectivity index (χ0) is 20.2. The van der Waals surface area contributed by atoms with E-state index in [0.29, 0.717) is 17.6 Å². The molecule has 1 aliphatic carbocycles. The third-order valence-electron chi connectivity index (χ3n) is 4.27. The maximum atomic E-state index is 12.5. The fourth-order valence-corrected chi connectivity index (χ4v) is 4.41. The summed E-state index contributed by atoms with van der Waals surface area (Å²) in [6, 6.07) is 10.6. The molecule has 0 aliphatic heterocycles. The first kappa shape index (κ1) is 19.8. The van der Waals surface area contributed by atoms with Crippen LogP contribution in [0.1, 0.15) is 29.6 Å². The van der Waals surface area contributed by atoms with Gasteiger partial charge in [0.15, 0.2) is 5.16 Å². The van der Waals surface area contributed by atoms with Crippen LogP contribution in [0.2, 0.25) is 0 Å². The molecule has 152 valence electrons. The number of rotatable bonds is 9. The highest BCUT2D eigenvalue weighted by atomic mass is 32.2. The van der Waals surface area contributed by atoms with Gasteiger partial charge in [-0.05, 0) is 36.4 Å². The number of aromatic nitrogens is 3. The Hall–Kier alpha value is -2.46. The van der Waals surface area contributed by atoms with Gasteiger partial charge in [-0.2, -0.15) is 8.78 Å². The van der Waals surface area contributed by atoms with Crippen LogP contribution in [-0.4, -0.2) is 33.0 Å². The zero-order valence-corrected chi connectivity index (χ0v) is 16.9. The Kier molecular flexibility index (Phi) is 6.10. The maximum Gasteiger partial charge on any atom is 0.387 e. The molecule has 1 N–H and O–H groups in total. The van der Waals surface area contributed by atoms with Crippen LogP contribution in [0.5, 0.6) is 5.75 Å². The molecule has 0 bridgehead atoms. The van der Waals surface area contributed by atoms with Gasteiger partial charge in [-0.15, -0.1) is 21.5 Å². The average Bonchev–Trinajstić information content (AvgIpc) is 3.24. The minimum Gasteiger partial charge on any atom is -0.433 e. The Labute approximate surface area is 174 Å². The molecule has 1 aliphatic rings. The standard InChI is InChI=1S/C19H18F2N4O2S2/c20-18(21)27-15-6-2-1-5-14(15)22-17(26)11-29-19-24-23-16(25(19)12-7-8-12)10-13-4-3-9-28-13/h1-6,9,12,18H,7-8,10-11H2,(H,22,26). The number of benzene rings is 1. The molecular formula is C19H18F2N4O2S2. The third-order valence-corrected chi connectivity index (χ3v) is 6.09. The van der Waals surface area contributed by atoms with E-state index >= 15 is 0 Å². The van der Waals surface area contributed by atoms with Crippen molar-refractivity contribution < 1.29 is 18.3 Å². The van der Waals surface area contributed by atoms with Crippen molar-refractivity contribution in [1.29, 1.82) is 0 Å². The van der Waals surface area contributed by atoms with Gasteiger partial charge in [0.05, 0.1) is 11.4 Å². The van der Waals surface area contributed by atoms with Crippen molar-refractivity contribution in [2.24, 2.45) is 0 Å². The predicted octanol–water partition coefficient (Wildman–Crippen LogP) is 4.60. The van der Waals surface area contributed by atoms with E-state index in [0.717, 1.165) is 18.7 Å². The number of hydrogen-bond acceptors (Lipinski definition) is 6. The lowest BCUT2D eigenvalue weighted by atomic mass is 10.3. The molecule has 1 fully saturated rings. The quantitative estimate of drug-likeness (QED) is 0.497. The van der Waals surface area contributed by atoms with Crippen LogP contribution in [0.4, 0.5) is 14.5 Å². The van der Waals surface area contributed by atoms with Crippen molar-refractivity contribution in [3.8, 4) is 5.75 Å². The van der Waals surface area contributed by atoms with Crippen LogP contribution < -0.4 is 10.1 Å². The second-order valence-corrected chi connectivity index (χ2v) is 8.44. The molecule has 10 heteroatoms. The minimum atomic E-state index is -2.96. The largest absolute Gasteiger partial charge is 0.433 e. The number of carbonyl (C=O) groups is 1. The number of thioether (sulfide) groups is 1. The number of amides is 1. The van der Waals surface area contributed by atoms with Crippen molar-refractivity contribution in [3.63, 3.8) is 0 Å². The molecule has 0 spiro atoms. The van der Waals surface area contributed by atoms with E-state index in [-0.39, 0.29) is 23.1 Å². The number of nitrogens with zero attached hydrogens (tertiary/aromatic N) is 3. The van der Waals surface area contributed by atoms with Crippen molar-refractivity contribution in [3.05, 3.63) is 52.5 Å². The highest BCUT2D eigenvalue weighted by Crippen LogP contribution is 2.39. The summed E-state index contributed by atoms with van der Waals surface area (Å²) in [4.78, 5) is 13.6. The van der Waals surface area contributed by atoms with Gasteiger partial charge in [0, 0.05) is 17.3 Å². The number of hydrogen-bond donors (Lipinski definition) is 1. The lowest BCUT2D eigenvalue weighted by Gasteiger charge is -2.12. The molecule has 3 aromatic rings. The van der Waals surface area contributed by atoms with E-state index in [2.05, 4.69) is 30.9 Å². The van der Waals surface area contributed by atoms with E-state index in [1.165, 1.54) is 28.8 Å². The number of para-hydroxylation sites is 2. The third kappa shape index (κ3) is 5.13. The summed E-state index contributed by atoms with van der Waals surface area (Å²) in [6.07, 6.45) is 2.87. The lowest BCUT2D eigenvalue weighted by molar-refractivity contribution is -0.113. The van der Waals surface area contributed by atoms with Crippen LogP contribution in [0, 0.1) is 0 Å². The second kappa shape index (κ2) is 8.91. The summed E-state index contributed by atoms with van der Waals surface area (Å²) in [7, 11) is 0.